The number of anilines is 2. The Hall–Kier alpha value is -0.986. The van der Waals surface area contributed by atoms with Crippen molar-refractivity contribution in [3.05, 3.63) is 18.2 Å². The molecule has 0 aromatic heterocycles. The molecule has 1 aromatic carbocycles. The molecule has 1 heterocycles. The van der Waals surface area contributed by atoms with Crippen molar-refractivity contribution in [1.29, 1.82) is 0 Å². The first kappa shape index (κ1) is 18.4. The number of hydrogen-bond donors (Lipinski definition) is 2. The van der Waals surface area contributed by atoms with Crippen LogP contribution in [0, 0.1) is 0 Å². The van der Waals surface area contributed by atoms with Crippen LogP contribution in [-0.4, -0.2) is 27.6 Å². The molecule has 1 fully saturated rings. The van der Waals surface area contributed by atoms with Crippen LogP contribution in [-0.2, 0) is 4.43 Å². The fraction of sp³-hybridized carbons (Fsp3) is 0.647. The van der Waals surface area contributed by atoms with E-state index in [0.717, 1.165) is 19.3 Å². The summed E-state index contributed by atoms with van der Waals surface area (Å²) in [4.78, 5) is 0. The maximum absolute atomic E-state index is 6.65. The summed E-state index contributed by atoms with van der Waals surface area (Å²) >= 11 is 0. The topological polar surface area (TPSA) is 70.5 Å². The lowest BCUT2D eigenvalue weighted by Crippen LogP contribution is -2.63. The summed E-state index contributed by atoms with van der Waals surface area (Å²) in [5, 5.41) is 0. The van der Waals surface area contributed by atoms with Crippen LogP contribution >= 0.6 is 0 Å². The largest absolute Gasteiger partial charge is 0.486 e. The van der Waals surface area contributed by atoms with Crippen molar-refractivity contribution in [2.45, 2.75) is 70.6 Å². The SMILES string of the molecule is CCCC(Oc1cccc(N)c1N)C1CC[Si](C)(C)[Si](C)(C)O1. The number of rotatable bonds is 5. The molecule has 0 radical (unpaired) electrons. The predicted molar refractivity (Wildman–Crippen MR) is 104 cm³/mol. The van der Waals surface area contributed by atoms with E-state index < -0.39 is 15.4 Å². The maximum atomic E-state index is 6.65. The summed E-state index contributed by atoms with van der Waals surface area (Å²) < 4.78 is 12.9. The highest BCUT2D eigenvalue weighted by Crippen LogP contribution is 2.37. The van der Waals surface area contributed by atoms with Gasteiger partial charge in [-0.3, -0.25) is 0 Å². The average molecular weight is 353 g/mol. The Morgan fingerprint density at radius 1 is 1.26 bits per heavy atom. The molecular formula is C17H32N2O2Si2. The molecule has 2 atom stereocenters. The Labute approximate surface area is 142 Å². The molecule has 4 nitrogen and oxygen atoms in total. The van der Waals surface area contributed by atoms with Crippen molar-refractivity contribution in [2.75, 3.05) is 11.5 Å². The molecule has 130 valence electrons. The smallest absolute Gasteiger partial charge is 0.174 e. The van der Waals surface area contributed by atoms with E-state index in [-0.39, 0.29) is 12.2 Å². The lowest BCUT2D eigenvalue weighted by atomic mass is 10.1. The van der Waals surface area contributed by atoms with Gasteiger partial charge in [-0.2, -0.15) is 0 Å². The van der Waals surface area contributed by atoms with Gasteiger partial charge in [0, 0.05) is 0 Å². The molecular weight excluding hydrogens is 320 g/mol. The quantitative estimate of drug-likeness (QED) is 0.616. The first-order valence-electron chi connectivity index (χ1n) is 8.66. The van der Waals surface area contributed by atoms with Gasteiger partial charge >= 0.3 is 0 Å². The van der Waals surface area contributed by atoms with E-state index in [1.807, 2.05) is 12.1 Å². The molecule has 0 bridgehead atoms. The third-order valence-corrected chi connectivity index (χ3v) is 22.1. The summed E-state index contributed by atoms with van der Waals surface area (Å²) in [5.41, 5.74) is 13.1. The third-order valence-electron chi connectivity index (χ3n) is 5.50. The minimum Gasteiger partial charge on any atom is -0.486 e. The van der Waals surface area contributed by atoms with Crippen molar-refractivity contribution in [3.63, 3.8) is 0 Å². The average Bonchev–Trinajstić information content (AvgIpc) is 2.46. The summed E-state index contributed by atoms with van der Waals surface area (Å²) in [6.07, 6.45) is 3.38. The second kappa shape index (κ2) is 6.87. The zero-order valence-electron chi connectivity index (χ0n) is 15.2. The van der Waals surface area contributed by atoms with Gasteiger partial charge in [0.25, 0.3) is 0 Å². The normalized spacial score (nSPS) is 24.1. The van der Waals surface area contributed by atoms with Crippen LogP contribution in [0.25, 0.3) is 0 Å². The molecule has 4 N–H and O–H groups in total. The van der Waals surface area contributed by atoms with Gasteiger partial charge in [0.2, 0.25) is 0 Å². The third kappa shape index (κ3) is 3.92. The Morgan fingerprint density at radius 3 is 2.57 bits per heavy atom. The van der Waals surface area contributed by atoms with Crippen LogP contribution in [0.5, 0.6) is 5.75 Å². The Balaban J connectivity index is 2.17. The Bertz CT molecular complexity index is 549. The summed E-state index contributed by atoms with van der Waals surface area (Å²) in [5.74, 6) is 0.689. The van der Waals surface area contributed by atoms with E-state index in [9.17, 15) is 0 Å². The highest BCUT2D eigenvalue weighted by atomic mass is 29.3. The highest BCUT2D eigenvalue weighted by molar-refractivity contribution is 7.38. The molecule has 2 rings (SSSR count). The van der Waals surface area contributed by atoms with Gasteiger partial charge in [-0.05, 0) is 38.1 Å². The van der Waals surface area contributed by atoms with Crippen LogP contribution < -0.4 is 16.2 Å². The van der Waals surface area contributed by atoms with Crippen LogP contribution in [0.2, 0.25) is 32.2 Å². The molecule has 6 heteroatoms. The van der Waals surface area contributed by atoms with Crippen molar-refractivity contribution in [2.24, 2.45) is 0 Å². The van der Waals surface area contributed by atoms with Gasteiger partial charge in [0.05, 0.1) is 25.1 Å². The molecule has 23 heavy (non-hydrogen) atoms. The number of nitrogen functional groups attached to an aromatic ring is 2. The zero-order valence-corrected chi connectivity index (χ0v) is 17.2. The van der Waals surface area contributed by atoms with E-state index in [2.05, 4.69) is 33.1 Å². The van der Waals surface area contributed by atoms with Crippen LogP contribution in [0.15, 0.2) is 18.2 Å². The van der Waals surface area contributed by atoms with Gasteiger partial charge in [-0.15, -0.1) is 0 Å². The second-order valence-corrected chi connectivity index (χ2v) is 23.0. The number of nitrogens with two attached hydrogens (primary N) is 2. The van der Waals surface area contributed by atoms with E-state index in [1.54, 1.807) is 6.07 Å². The minimum atomic E-state index is -1.61. The molecule has 0 spiro atoms. The van der Waals surface area contributed by atoms with Crippen LogP contribution in [0.1, 0.15) is 26.2 Å². The van der Waals surface area contributed by atoms with Gasteiger partial charge in [-0.25, -0.2) is 0 Å². The monoisotopic (exact) mass is 352 g/mol. The fourth-order valence-electron chi connectivity index (χ4n) is 3.09. The van der Waals surface area contributed by atoms with Crippen LogP contribution in [0.4, 0.5) is 11.4 Å². The zero-order chi connectivity index (χ0) is 17.3. The fourth-order valence-corrected chi connectivity index (χ4v) is 9.70. The molecule has 0 aliphatic carbocycles. The first-order chi connectivity index (χ1) is 10.7. The maximum Gasteiger partial charge on any atom is 0.174 e. The Morgan fingerprint density at radius 2 is 1.96 bits per heavy atom. The standard InChI is InChI=1S/C17H32N2O2Si2/c1-6-8-14(20-16-10-7-9-13(18)17(16)19)15-11-12-22(2,3)23(4,5)21-15/h7,9-10,14-15H,6,8,11-12,18-19H2,1-5H3. The van der Waals surface area contributed by atoms with E-state index >= 15 is 0 Å². The van der Waals surface area contributed by atoms with E-state index in [1.165, 1.54) is 6.04 Å². The van der Waals surface area contributed by atoms with Gasteiger partial charge < -0.3 is 20.6 Å². The lowest BCUT2D eigenvalue weighted by Gasteiger charge is -2.47. The van der Waals surface area contributed by atoms with Crippen molar-refractivity contribution < 1.29 is 9.16 Å². The van der Waals surface area contributed by atoms with Gasteiger partial charge in [-0.1, -0.05) is 38.5 Å². The minimum absolute atomic E-state index is 0.0565. The molecule has 2 unspecified atom stereocenters. The summed E-state index contributed by atoms with van der Waals surface area (Å²) in [7, 11) is -2.84. The van der Waals surface area contributed by atoms with Gasteiger partial charge in [0.15, 0.2) is 7.83 Å². The number of ether oxygens (including phenoxy) is 1. The highest BCUT2D eigenvalue weighted by Gasteiger charge is 2.49. The second-order valence-electron chi connectivity index (χ2n) is 7.79. The molecule has 0 saturated carbocycles. The first-order valence-corrected chi connectivity index (χ1v) is 15.8. The van der Waals surface area contributed by atoms with E-state index in [4.69, 9.17) is 20.6 Å². The number of hydrogen-bond acceptors (Lipinski definition) is 4. The van der Waals surface area contributed by atoms with Gasteiger partial charge in [0.1, 0.15) is 11.9 Å². The molecule has 0 amide bonds. The van der Waals surface area contributed by atoms with Crippen molar-refractivity contribution >= 4 is 26.8 Å². The van der Waals surface area contributed by atoms with E-state index in [0.29, 0.717) is 17.1 Å². The number of benzene rings is 1. The number of para-hydroxylation sites is 1. The summed E-state index contributed by atoms with van der Waals surface area (Å²) in [6, 6.07) is 6.92. The molecule has 1 saturated heterocycles. The molecule has 1 aliphatic heterocycles. The van der Waals surface area contributed by atoms with Crippen LogP contribution in [0.3, 0.4) is 0 Å². The van der Waals surface area contributed by atoms with Crippen molar-refractivity contribution in [3.8, 4) is 5.75 Å². The Kier molecular flexibility index (Phi) is 5.48. The van der Waals surface area contributed by atoms with Crippen molar-refractivity contribution in [1.82, 2.24) is 0 Å². The lowest BCUT2D eigenvalue weighted by molar-refractivity contribution is 0.0393. The summed E-state index contributed by atoms with van der Waals surface area (Å²) in [6.45, 7) is 11.9. The predicted octanol–water partition coefficient (Wildman–Crippen LogP) is 4.18. The molecule has 1 aliphatic rings. The molecule has 1 aromatic rings.